The van der Waals surface area contributed by atoms with E-state index in [1.807, 2.05) is 13.8 Å². The summed E-state index contributed by atoms with van der Waals surface area (Å²) in [6.07, 6.45) is 3.14. The number of ether oxygens (including phenoxy) is 1. The van der Waals surface area contributed by atoms with E-state index in [1.54, 1.807) is 17.2 Å². The van der Waals surface area contributed by atoms with Crippen molar-refractivity contribution < 1.29 is 9.53 Å². The van der Waals surface area contributed by atoms with Crippen LogP contribution in [0.2, 0.25) is 0 Å². The number of hydrogen-bond donors (Lipinski definition) is 2. The van der Waals surface area contributed by atoms with E-state index in [0.717, 1.165) is 23.1 Å². The maximum atomic E-state index is 11.8. The Bertz CT molecular complexity index is 502. The van der Waals surface area contributed by atoms with Crippen molar-refractivity contribution in [2.45, 2.75) is 38.8 Å². The van der Waals surface area contributed by atoms with Crippen LogP contribution in [0.25, 0.3) is 0 Å². The highest BCUT2D eigenvalue weighted by molar-refractivity contribution is 9.10. The first-order chi connectivity index (χ1) is 9.95. The molecule has 3 N–H and O–H groups in total. The lowest BCUT2D eigenvalue weighted by molar-refractivity contribution is 0.0701. The van der Waals surface area contributed by atoms with Crippen LogP contribution >= 0.6 is 15.9 Å². The van der Waals surface area contributed by atoms with Crippen molar-refractivity contribution in [1.82, 2.24) is 9.88 Å². The van der Waals surface area contributed by atoms with Gasteiger partial charge in [0.25, 0.3) is 0 Å². The summed E-state index contributed by atoms with van der Waals surface area (Å²) in [5.41, 5.74) is 7.45. The van der Waals surface area contributed by atoms with Gasteiger partial charge in [0.05, 0.1) is 23.7 Å². The Balaban J connectivity index is 1.85. The van der Waals surface area contributed by atoms with Crippen molar-refractivity contribution in [3.8, 4) is 0 Å². The fraction of sp³-hybridized carbons (Fsp3) is 0.571. The lowest BCUT2D eigenvalue weighted by Crippen LogP contribution is -2.43. The number of nitrogens with two attached hydrogens (primary N) is 1. The number of carbonyl (C=O) groups excluding carboxylic acids is 1. The molecule has 0 saturated carbocycles. The highest BCUT2D eigenvalue weighted by atomic mass is 79.9. The predicted octanol–water partition coefficient (Wildman–Crippen LogP) is 2.85. The smallest absolute Gasteiger partial charge is 0.410 e. The Labute approximate surface area is 133 Å². The summed E-state index contributed by atoms with van der Waals surface area (Å²) in [6, 6.07) is 2.07. The average Bonchev–Trinajstić information content (AvgIpc) is 2.42. The van der Waals surface area contributed by atoms with Crippen LogP contribution < -0.4 is 11.1 Å². The minimum atomic E-state index is -0.228. The number of likely N-dealkylation sites (tertiary alicyclic amines) is 1. The number of anilines is 2. The van der Waals surface area contributed by atoms with Crippen molar-refractivity contribution in [2.75, 3.05) is 24.1 Å². The average molecular weight is 357 g/mol. The zero-order chi connectivity index (χ0) is 15.4. The molecule has 21 heavy (non-hydrogen) atoms. The molecule has 0 bridgehead atoms. The number of rotatable bonds is 3. The Morgan fingerprint density at radius 2 is 2.19 bits per heavy atom. The van der Waals surface area contributed by atoms with Gasteiger partial charge in [-0.3, -0.25) is 0 Å². The number of nitrogens with zero attached hydrogens (tertiary/aromatic N) is 2. The molecule has 2 rings (SSSR count). The normalized spacial score (nSPS) is 16.1. The molecule has 1 amide bonds. The number of halogens is 1. The molecule has 0 atom stereocenters. The van der Waals surface area contributed by atoms with Gasteiger partial charge in [-0.25, -0.2) is 9.78 Å². The summed E-state index contributed by atoms with van der Waals surface area (Å²) in [7, 11) is 0. The number of piperidine rings is 1. The van der Waals surface area contributed by atoms with Gasteiger partial charge in [-0.2, -0.15) is 0 Å². The van der Waals surface area contributed by atoms with Gasteiger partial charge in [-0.1, -0.05) is 0 Å². The van der Waals surface area contributed by atoms with Crippen LogP contribution in [0.15, 0.2) is 16.9 Å². The van der Waals surface area contributed by atoms with Crippen molar-refractivity contribution in [2.24, 2.45) is 0 Å². The van der Waals surface area contributed by atoms with Gasteiger partial charge in [0.1, 0.15) is 4.60 Å². The zero-order valence-electron chi connectivity index (χ0n) is 12.3. The molecule has 1 fully saturated rings. The summed E-state index contributed by atoms with van der Waals surface area (Å²) in [6.45, 7) is 5.09. The molecule has 1 aliphatic heterocycles. The third-order valence-electron chi connectivity index (χ3n) is 3.35. The van der Waals surface area contributed by atoms with Gasteiger partial charge in [-0.15, -0.1) is 0 Å². The summed E-state index contributed by atoms with van der Waals surface area (Å²) in [4.78, 5) is 17.7. The number of amides is 1. The molecule has 7 heteroatoms. The van der Waals surface area contributed by atoms with Crippen LogP contribution in [0.4, 0.5) is 16.2 Å². The van der Waals surface area contributed by atoms with E-state index in [4.69, 9.17) is 10.5 Å². The van der Waals surface area contributed by atoms with Crippen LogP contribution in [-0.2, 0) is 4.74 Å². The Morgan fingerprint density at radius 1 is 1.52 bits per heavy atom. The molecule has 1 aromatic heterocycles. The number of pyridine rings is 1. The molecule has 1 aliphatic rings. The molecule has 116 valence electrons. The van der Waals surface area contributed by atoms with E-state index in [1.165, 1.54) is 0 Å². The first kappa shape index (κ1) is 15.9. The maximum Gasteiger partial charge on any atom is 0.410 e. The van der Waals surface area contributed by atoms with E-state index < -0.39 is 0 Å². The standard InChI is InChI=1S/C14H21BrN4O2/c1-9(2)21-14(20)19-5-3-10(4-6-19)18-12-8-17-13(15)7-11(12)16/h7-10,18H,3-6H2,1-2H3,(H2,16,17). The van der Waals surface area contributed by atoms with E-state index in [9.17, 15) is 4.79 Å². The van der Waals surface area contributed by atoms with Gasteiger partial charge < -0.3 is 20.7 Å². The molecule has 0 aliphatic carbocycles. The largest absolute Gasteiger partial charge is 0.447 e. The van der Waals surface area contributed by atoms with Gasteiger partial charge in [-0.05, 0) is 48.7 Å². The topological polar surface area (TPSA) is 80.5 Å². The highest BCUT2D eigenvalue weighted by Crippen LogP contribution is 2.24. The van der Waals surface area contributed by atoms with Crippen LogP contribution in [0, 0.1) is 0 Å². The van der Waals surface area contributed by atoms with Crippen molar-refractivity contribution >= 4 is 33.4 Å². The fourth-order valence-corrected chi connectivity index (χ4v) is 2.62. The Morgan fingerprint density at radius 3 is 2.76 bits per heavy atom. The second-order valence-corrected chi connectivity index (χ2v) is 6.24. The lowest BCUT2D eigenvalue weighted by Gasteiger charge is -2.32. The number of nitrogen functional groups attached to an aromatic ring is 1. The van der Waals surface area contributed by atoms with Crippen molar-refractivity contribution in [3.05, 3.63) is 16.9 Å². The Kier molecular flexibility index (Phi) is 5.27. The molecule has 0 unspecified atom stereocenters. The number of nitrogens with one attached hydrogen (secondary N) is 1. The molecule has 6 nitrogen and oxygen atoms in total. The third-order valence-corrected chi connectivity index (χ3v) is 3.79. The summed E-state index contributed by atoms with van der Waals surface area (Å²) >= 11 is 3.29. The quantitative estimate of drug-likeness (QED) is 0.813. The van der Waals surface area contributed by atoms with Crippen LogP contribution in [-0.4, -0.2) is 41.2 Å². The second kappa shape index (κ2) is 6.98. The second-order valence-electron chi connectivity index (χ2n) is 5.43. The van der Waals surface area contributed by atoms with E-state index in [2.05, 4.69) is 26.2 Å². The number of carbonyl (C=O) groups is 1. The minimum absolute atomic E-state index is 0.0815. The van der Waals surface area contributed by atoms with Gasteiger partial charge in [0, 0.05) is 19.1 Å². The molecular formula is C14H21BrN4O2. The fourth-order valence-electron chi connectivity index (χ4n) is 2.27. The van der Waals surface area contributed by atoms with Crippen molar-refractivity contribution in [1.29, 1.82) is 0 Å². The monoisotopic (exact) mass is 356 g/mol. The zero-order valence-corrected chi connectivity index (χ0v) is 13.9. The molecule has 1 saturated heterocycles. The highest BCUT2D eigenvalue weighted by Gasteiger charge is 2.24. The maximum absolute atomic E-state index is 11.8. The first-order valence-electron chi connectivity index (χ1n) is 7.09. The first-order valence-corrected chi connectivity index (χ1v) is 7.88. The van der Waals surface area contributed by atoms with Gasteiger partial charge in [0.15, 0.2) is 0 Å². The SMILES string of the molecule is CC(C)OC(=O)N1CCC(Nc2cnc(Br)cc2N)CC1. The predicted molar refractivity (Wildman–Crippen MR) is 86.2 cm³/mol. The molecule has 2 heterocycles. The summed E-state index contributed by atoms with van der Waals surface area (Å²) in [5, 5.41) is 3.39. The lowest BCUT2D eigenvalue weighted by atomic mass is 10.1. The molecule has 0 aromatic carbocycles. The molecular weight excluding hydrogens is 336 g/mol. The molecule has 1 aromatic rings. The van der Waals surface area contributed by atoms with Crippen LogP contribution in [0.5, 0.6) is 0 Å². The van der Waals surface area contributed by atoms with E-state index in [0.29, 0.717) is 24.8 Å². The van der Waals surface area contributed by atoms with E-state index in [-0.39, 0.29) is 12.2 Å². The van der Waals surface area contributed by atoms with E-state index >= 15 is 0 Å². The number of aromatic nitrogens is 1. The Hall–Kier alpha value is -1.50. The van der Waals surface area contributed by atoms with Crippen molar-refractivity contribution in [3.63, 3.8) is 0 Å². The third kappa shape index (κ3) is 4.49. The molecule has 0 radical (unpaired) electrons. The van der Waals surface area contributed by atoms with Crippen LogP contribution in [0.1, 0.15) is 26.7 Å². The van der Waals surface area contributed by atoms with Crippen LogP contribution in [0.3, 0.4) is 0 Å². The summed E-state index contributed by atoms with van der Waals surface area (Å²) < 4.78 is 5.93. The summed E-state index contributed by atoms with van der Waals surface area (Å²) in [5.74, 6) is 0. The number of hydrogen-bond acceptors (Lipinski definition) is 5. The minimum Gasteiger partial charge on any atom is -0.447 e. The van der Waals surface area contributed by atoms with Gasteiger partial charge >= 0.3 is 6.09 Å². The van der Waals surface area contributed by atoms with Gasteiger partial charge in [0.2, 0.25) is 0 Å². The molecule has 0 spiro atoms.